The van der Waals surface area contributed by atoms with Crippen LogP contribution in [0.4, 0.5) is 11.4 Å². The van der Waals surface area contributed by atoms with Crippen molar-refractivity contribution in [3.63, 3.8) is 0 Å². The smallest absolute Gasteiger partial charge is 0.270 e. The van der Waals surface area contributed by atoms with Gasteiger partial charge in [0.25, 0.3) is 5.69 Å². The Balaban J connectivity index is 3.18. The van der Waals surface area contributed by atoms with Crippen molar-refractivity contribution in [3.05, 3.63) is 33.9 Å². The number of thiocarbonyl (C=S) groups is 1. The number of nitro groups is 1. The normalized spacial score (nSPS) is 10.5. The lowest BCUT2D eigenvalue weighted by Crippen LogP contribution is -2.25. The second kappa shape index (κ2) is 7.39. The molecule has 1 aromatic carbocycles. The third kappa shape index (κ3) is 4.16. The van der Waals surface area contributed by atoms with E-state index in [0.717, 1.165) is 18.8 Å². The van der Waals surface area contributed by atoms with E-state index in [4.69, 9.17) is 5.73 Å². The van der Waals surface area contributed by atoms with Crippen molar-refractivity contribution in [1.29, 1.82) is 0 Å². The minimum absolute atomic E-state index is 0.0117. The van der Waals surface area contributed by atoms with E-state index in [-0.39, 0.29) is 10.8 Å². The van der Waals surface area contributed by atoms with Crippen molar-refractivity contribution in [2.75, 3.05) is 18.0 Å². The van der Waals surface area contributed by atoms with Crippen LogP contribution in [0.5, 0.6) is 0 Å². The van der Waals surface area contributed by atoms with Gasteiger partial charge >= 0.3 is 0 Å². The summed E-state index contributed by atoms with van der Waals surface area (Å²) in [6, 6.07) is 4.66. The fraction of sp³-hybridized carbons (Fsp3) is 0.333. The molecule has 20 heavy (non-hydrogen) atoms. The first-order chi connectivity index (χ1) is 9.49. The van der Waals surface area contributed by atoms with Crippen molar-refractivity contribution in [3.8, 4) is 0 Å². The Hall–Kier alpha value is -2.22. The van der Waals surface area contributed by atoms with Crippen molar-refractivity contribution < 1.29 is 4.92 Å². The number of hydrogen-bond acceptors (Lipinski definition) is 5. The first-order valence-electron chi connectivity index (χ1n) is 6.11. The maximum absolute atomic E-state index is 10.8. The summed E-state index contributed by atoms with van der Waals surface area (Å²) in [4.78, 5) is 12.5. The van der Waals surface area contributed by atoms with Crippen LogP contribution in [0.2, 0.25) is 0 Å². The number of nitrogens with two attached hydrogens (primary N) is 1. The molecule has 108 valence electrons. The van der Waals surface area contributed by atoms with Crippen LogP contribution in [0, 0.1) is 10.1 Å². The molecular weight excluding hydrogens is 278 g/mol. The summed E-state index contributed by atoms with van der Waals surface area (Å²) in [7, 11) is 0. The number of nitro benzene ring substituents is 1. The summed E-state index contributed by atoms with van der Waals surface area (Å²) in [6.07, 6.45) is 1.47. The average Bonchev–Trinajstić information content (AvgIpc) is 2.40. The van der Waals surface area contributed by atoms with Crippen LogP contribution in [0.15, 0.2) is 23.3 Å². The zero-order valence-electron chi connectivity index (χ0n) is 11.4. The number of hydrazone groups is 1. The molecule has 0 bridgehead atoms. The molecule has 0 aliphatic carbocycles. The third-order valence-electron chi connectivity index (χ3n) is 2.70. The number of hydrogen-bond donors (Lipinski definition) is 2. The molecule has 0 fully saturated rings. The lowest BCUT2D eigenvalue weighted by molar-refractivity contribution is -0.384. The zero-order valence-corrected chi connectivity index (χ0v) is 12.2. The van der Waals surface area contributed by atoms with Gasteiger partial charge in [-0.15, -0.1) is 0 Å². The fourth-order valence-corrected chi connectivity index (χ4v) is 1.83. The minimum Gasteiger partial charge on any atom is -0.375 e. The largest absolute Gasteiger partial charge is 0.375 e. The predicted octanol–water partition coefficient (Wildman–Crippen LogP) is 1.61. The van der Waals surface area contributed by atoms with Crippen molar-refractivity contribution in [2.24, 2.45) is 10.8 Å². The molecule has 0 unspecified atom stereocenters. The summed E-state index contributed by atoms with van der Waals surface area (Å²) >= 11 is 4.64. The van der Waals surface area contributed by atoms with Crippen LogP contribution < -0.4 is 16.1 Å². The van der Waals surface area contributed by atoms with Gasteiger partial charge in [0, 0.05) is 36.5 Å². The van der Waals surface area contributed by atoms with E-state index in [0.29, 0.717) is 5.56 Å². The molecule has 0 aromatic heterocycles. The molecule has 0 spiro atoms. The van der Waals surface area contributed by atoms with Gasteiger partial charge in [-0.3, -0.25) is 15.5 Å². The van der Waals surface area contributed by atoms with E-state index in [1.807, 2.05) is 13.8 Å². The summed E-state index contributed by atoms with van der Waals surface area (Å²) in [5, 5.41) is 14.7. The number of non-ortho nitro benzene ring substituents is 1. The van der Waals surface area contributed by atoms with Gasteiger partial charge in [0.1, 0.15) is 0 Å². The molecule has 7 nitrogen and oxygen atoms in total. The van der Waals surface area contributed by atoms with E-state index in [2.05, 4.69) is 27.6 Å². The number of benzene rings is 1. The lowest BCUT2D eigenvalue weighted by Gasteiger charge is -2.22. The summed E-state index contributed by atoms with van der Waals surface area (Å²) in [5.74, 6) is 0. The Morgan fingerprint density at radius 1 is 1.55 bits per heavy atom. The number of nitrogens with zero attached hydrogens (tertiary/aromatic N) is 3. The van der Waals surface area contributed by atoms with Crippen LogP contribution in [0.25, 0.3) is 0 Å². The average molecular weight is 295 g/mol. The molecule has 1 aromatic rings. The SMILES string of the molecule is CCN(CC)c1ccc([N+](=O)[O-])cc1/C=N\NC(N)=S. The minimum atomic E-state index is -0.440. The lowest BCUT2D eigenvalue weighted by atomic mass is 10.1. The number of rotatable bonds is 6. The van der Waals surface area contributed by atoms with Crippen molar-refractivity contribution >= 4 is 34.9 Å². The van der Waals surface area contributed by atoms with E-state index in [9.17, 15) is 10.1 Å². The highest BCUT2D eigenvalue weighted by atomic mass is 32.1. The second-order valence-electron chi connectivity index (χ2n) is 3.91. The van der Waals surface area contributed by atoms with E-state index in [1.54, 1.807) is 6.07 Å². The molecule has 0 atom stereocenters. The maximum atomic E-state index is 10.8. The highest BCUT2D eigenvalue weighted by Gasteiger charge is 2.12. The van der Waals surface area contributed by atoms with Gasteiger partial charge in [-0.25, -0.2) is 0 Å². The van der Waals surface area contributed by atoms with E-state index in [1.165, 1.54) is 18.3 Å². The van der Waals surface area contributed by atoms with Crippen LogP contribution in [-0.4, -0.2) is 29.3 Å². The second-order valence-corrected chi connectivity index (χ2v) is 4.35. The molecule has 0 radical (unpaired) electrons. The fourth-order valence-electron chi connectivity index (χ4n) is 1.78. The Labute approximate surface area is 122 Å². The van der Waals surface area contributed by atoms with E-state index >= 15 is 0 Å². The molecular formula is C12H17N5O2S. The molecule has 0 saturated heterocycles. The first kappa shape index (κ1) is 15.8. The summed E-state index contributed by atoms with van der Waals surface area (Å²) < 4.78 is 0. The van der Waals surface area contributed by atoms with Gasteiger partial charge in [-0.05, 0) is 32.1 Å². The van der Waals surface area contributed by atoms with Gasteiger partial charge in [0.05, 0.1) is 11.1 Å². The zero-order chi connectivity index (χ0) is 15.1. The quantitative estimate of drug-likeness (QED) is 0.358. The van der Waals surface area contributed by atoms with Crippen LogP contribution in [0.1, 0.15) is 19.4 Å². The molecule has 8 heteroatoms. The van der Waals surface area contributed by atoms with Crippen molar-refractivity contribution in [1.82, 2.24) is 5.43 Å². The Kier molecular flexibility index (Phi) is 5.85. The Morgan fingerprint density at radius 2 is 2.20 bits per heavy atom. The monoisotopic (exact) mass is 295 g/mol. The Morgan fingerprint density at radius 3 is 2.70 bits per heavy atom. The van der Waals surface area contributed by atoms with Crippen molar-refractivity contribution in [2.45, 2.75) is 13.8 Å². The highest BCUT2D eigenvalue weighted by Crippen LogP contribution is 2.24. The predicted molar refractivity (Wildman–Crippen MR) is 84.2 cm³/mol. The molecule has 0 aliphatic heterocycles. The standard InChI is InChI=1S/C12H17N5O2S/c1-3-16(4-2)11-6-5-10(17(18)19)7-9(11)8-14-15-12(13)20/h5-8H,3-4H2,1-2H3,(H3,13,15,20)/b14-8-. The maximum Gasteiger partial charge on any atom is 0.270 e. The van der Waals surface area contributed by atoms with Gasteiger partial charge < -0.3 is 10.6 Å². The number of nitrogens with one attached hydrogen (secondary N) is 1. The summed E-state index contributed by atoms with van der Waals surface area (Å²) in [6.45, 7) is 5.61. The summed E-state index contributed by atoms with van der Waals surface area (Å²) in [5.41, 5.74) is 9.22. The van der Waals surface area contributed by atoms with Crippen LogP contribution in [-0.2, 0) is 0 Å². The van der Waals surface area contributed by atoms with E-state index < -0.39 is 4.92 Å². The Bertz CT molecular complexity index is 529. The van der Waals surface area contributed by atoms with Gasteiger partial charge in [-0.2, -0.15) is 5.10 Å². The number of anilines is 1. The molecule has 1 rings (SSSR count). The molecule has 0 heterocycles. The van der Waals surface area contributed by atoms with Crippen LogP contribution in [0.3, 0.4) is 0 Å². The highest BCUT2D eigenvalue weighted by molar-refractivity contribution is 7.80. The first-order valence-corrected chi connectivity index (χ1v) is 6.52. The molecule has 0 saturated carbocycles. The van der Waals surface area contributed by atoms with Gasteiger partial charge in [0.2, 0.25) is 0 Å². The molecule has 3 N–H and O–H groups in total. The third-order valence-corrected chi connectivity index (χ3v) is 2.80. The van der Waals surface area contributed by atoms with Gasteiger partial charge in [-0.1, -0.05) is 0 Å². The topological polar surface area (TPSA) is 96.8 Å². The molecule has 0 aliphatic rings. The molecule has 0 amide bonds. The van der Waals surface area contributed by atoms with Crippen LogP contribution >= 0.6 is 12.2 Å². The van der Waals surface area contributed by atoms with Gasteiger partial charge in [0.15, 0.2) is 5.11 Å².